The summed E-state index contributed by atoms with van der Waals surface area (Å²) < 4.78 is 10.2. The third kappa shape index (κ3) is 5.30. The molecule has 0 fully saturated rings. The van der Waals surface area contributed by atoms with Gasteiger partial charge in [-0.25, -0.2) is 10.8 Å². The average molecular weight is 296 g/mol. The van der Waals surface area contributed by atoms with Crippen molar-refractivity contribution >= 4 is 11.7 Å². The Balaban J connectivity index is 2.79. The first-order valence-corrected chi connectivity index (χ1v) is 6.80. The number of rotatable bonds is 8. The van der Waals surface area contributed by atoms with Crippen molar-refractivity contribution in [2.24, 2.45) is 5.84 Å². The minimum atomic E-state index is -0.200. The molecule has 118 valence electrons. The van der Waals surface area contributed by atoms with Gasteiger partial charge in [0.15, 0.2) is 0 Å². The van der Waals surface area contributed by atoms with Crippen molar-refractivity contribution in [3.05, 3.63) is 23.4 Å². The van der Waals surface area contributed by atoms with E-state index in [2.05, 4.69) is 15.7 Å². The lowest BCUT2D eigenvalue weighted by molar-refractivity contribution is 0.0285. The van der Waals surface area contributed by atoms with Crippen LogP contribution in [0, 0.1) is 0 Å². The minimum absolute atomic E-state index is 0.183. The molecule has 1 aromatic rings. The zero-order valence-electron chi connectivity index (χ0n) is 13.0. The van der Waals surface area contributed by atoms with E-state index in [9.17, 15) is 4.79 Å². The fraction of sp³-hybridized carbons (Fsp3) is 0.571. The first-order valence-electron chi connectivity index (χ1n) is 6.80. The zero-order valence-corrected chi connectivity index (χ0v) is 13.0. The van der Waals surface area contributed by atoms with Gasteiger partial charge in [-0.15, -0.1) is 0 Å². The third-order valence-electron chi connectivity index (χ3n) is 3.02. The number of hydrogen-bond donors (Lipinski definition) is 3. The molecule has 0 aliphatic heterocycles. The van der Waals surface area contributed by atoms with Crippen LogP contribution in [0.2, 0.25) is 0 Å². The number of nitrogen functional groups attached to an aromatic ring is 1. The number of ether oxygens (including phenoxy) is 2. The third-order valence-corrected chi connectivity index (χ3v) is 3.02. The van der Waals surface area contributed by atoms with E-state index in [0.29, 0.717) is 24.5 Å². The number of anilines is 1. The highest BCUT2D eigenvalue weighted by molar-refractivity contribution is 5.95. The maximum absolute atomic E-state index is 12.2. The van der Waals surface area contributed by atoms with E-state index < -0.39 is 0 Å². The fourth-order valence-electron chi connectivity index (χ4n) is 1.76. The van der Waals surface area contributed by atoms with Crippen molar-refractivity contribution in [1.82, 2.24) is 10.3 Å². The highest BCUT2D eigenvalue weighted by Gasteiger charge is 2.14. The summed E-state index contributed by atoms with van der Waals surface area (Å²) in [5.74, 6) is 5.85. The quantitative estimate of drug-likeness (QED) is 0.486. The summed E-state index contributed by atoms with van der Waals surface area (Å²) in [4.78, 5) is 16.5. The Kier molecular flexibility index (Phi) is 7.07. The second-order valence-electron chi connectivity index (χ2n) is 4.99. The Morgan fingerprint density at radius 2 is 2.10 bits per heavy atom. The molecule has 0 bridgehead atoms. The predicted molar refractivity (Wildman–Crippen MR) is 81.1 cm³/mol. The standard InChI is InChI=1S/C14H24N4O3/c1-9(2)12-5-10(6-13(17-12)18-15)14(19)16-7-11(21-4)8-20-3/h5-6,9,11H,7-8,15H2,1-4H3,(H,16,19)(H,17,18). The normalized spacial score (nSPS) is 12.3. The van der Waals surface area contributed by atoms with Gasteiger partial charge in [-0.05, 0) is 18.1 Å². The second-order valence-corrected chi connectivity index (χ2v) is 4.99. The monoisotopic (exact) mass is 296 g/mol. The Morgan fingerprint density at radius 3 is 2.62 bits per heavy atom. The number of pyridine rings is 1. The molecule has 1 rings (SSSR count). The van der Waals surface area contributed by atoms with E-state index in [-0.39, 0.29) is 17.9 Å². The molecule has 0 aliphatic carbocycles. The molecule has 0 aliphatic rings. The summed E-state index contributed by atoms with van der Waals surface area (Å²) in [7, 11) is 3.17. The van der Waals surface area contributed by atoms with Gasteiger partial charge < -0.3 is 20.2 Å². The van der Waals surface area contributed by atoms with E-state index in [1.54, 1.807) is 26.4 Å². The summed E-state index contributed by atoms with van der Waals surface area (Å²) in [6, 6.07) is 3.37. The number of amides is 1. The number of nitrogens with two attached hydrogens (primary N) is 1. The topological polar surface area (TPSA) is 98.5 Å². The van der Waals surface area contributed by atoms with Crippen LogP contribution < -0.4 is 16.6 Å². The molecule has 1 atom stereocenters. The number of methoxy groups -OCH3 is 2. The number of hydrazine groups is 1. The molecular formula is C14H24N4O3. The van der Waals surface area contributed by atoms with Crippen LogP contribution in [-0.2, 0) is 9.47 Å². The molecule has 4 N–H and O–H groups in total. The van der Waals surface area contributed by atoms with Gasteiger partial charge in [-0.2, -0.15) is 0 Å². The van der Waals surface area contributed by atoms with Gasteiger partial charge in [0, 0.05) is 32.0 Å². The summed E-state index contributed by atoms with van der Waals surface area (Å²) >= 11 is 0. The molecule has 7 nitrogen and oxygen atoms in total. The summed E-state index contributed by atoms with van der Waals surface area (Å²) in [6.45, 7) is 4.79. The molecular weight excluding hydrogens is 272 g/mol. The van der Waals surface area contributed by atoms with E-state index >= 15 is 0 Å². The number of nitrogens with zero attached hydrogens (tertiary/aromatic N) is 1. The maximum Gasteiger partial charge on any atom is 0.251 e. The highest BCUT2D eigenvalue weighted by Crippen LogP contribution is 2.17. The number of carbonyl (C=O) groups excluding carboxylic acids is 1. The number of carbonyl (C=O) groups is 1. The first-order chi connectivity index (χ1) is 10.0. The van der Waals surface area contributed by atoms with Gasteiger partial charge in [0.1, 0.15) is 5.82 Å². The largest absolute Gasteiger partial charge is 0.382 e. The smallest absolute Gasteiger partial charge is 0.251 e. The van der Waals surface area contributed by atoms with Crippen LogP contribution in [0.25, 0.3) is 0 Å². The van der Waals surface area contributed by atoms with E-state index in [4.69, 9.17) is 15.3 Å². The molecule has 7 heteroatoms. The molecule has 0 spiro atoms. The van der Waals surface area contributed by atoms with E-state index in [1.807, 2.05) is 13.8 Å². The average Bonchev–Trinajstić information content (AvgIpc) is 2.50. The van der Waals surface area contributed by atoms with Crippen molar-refractivity contribution < 1.29 is 14.3 Å². The fourth-order valence-corrected chi connectivity index (χ4v) is 1.76. The van der Waals surface area contributed by atoms with Crippen molar-refractivity contribution in [3.63, 3.8) is 0 Å². The van der Waals surface area contributed by atoms with E-state index in [0.717, 1.165) is 5.69 Å². The molecule has 0 radical (unpaired) electrons. The summed E-state index contributed by atoms with van der Waals surface area (Å²) in [6.07, 6.45) is -0.183. The minimum Gasteiger partial charge on any atom is -0.382 e. The predicted octanol–water partition coefficient (Wildman–Crippen LogP) is 0.882. The first kappa shape index (κ1) is 17.4. The molecule has 21 heavy (non-hydrogen) atoms. The Bertz CT molecular complexity index is 466. The van der Waals surface area contributed by atoms with Crippen LogP contribution in [0.4, 0.5) is 5.82 Å². The Morgan fingerprint density at radius 1 is 1.38 bits per heavy atom. The molecule has 1 amide bonds. The van der Waals surface area contributed by atoms with Crippen molar-refractivity contribution in [2.45, 2.75) is 25.9 Å². The SMILES string of the molecule is COCC(CNC(=O)c1cc(NN)nc(C(C)C)c1)OC. The van der Waals surface area contributed by atoms with Gasteiger partial charge in [0.2, 0.25) is 0 Å². The lowest BCUT2D eigenvalue weighted by atomic mass is 10.1. The van der Waals surface area contributed by atoms with Gasteiger partial charge >= 0.3 is 0 Å². The van der Waals surface area contributed by atoms with Crippen LogP contribution in [0.1, 0.15) is 35.8 Å². The van der Waals surface area contributed by atoms with Crippen LogP contribution in [-0.4, -0.2) is 44.4 Å². The Hall–Kier alpha value is -1.70. The van der Waals surface area contributed by atoms with Crippen molar-refractivity contribution in [3.8, 4) is 0 Å². The van der Waals surface area contributed by atoms with Gasteiger partial charge in [0.25, 0.3) is 5.91 Å². The molecule has 1 aromatic heterocycles. The molecule has 0 saturated carbocycles. The highest BCUT2D eigenvalue weighted by atomic mass is 16.5. The van der Waals surface area contributed by atoms with Crippen molar-refractivity contribution in [1.29, 1.82) is 0 Å². The number of nitrogens with one attached hydrogen (secondary N) is 2. The molecule has 0 saturated heterocycles. The van der Waals surface area contributed by atoms with Gasteiger partial charge in [-0.1, -0.05) is 13.8 Å². The van der Waals surface area contributed by atoms with Gasteiger partial charge in [0.05, 0.1) is 12.7 Å². The van der Waals surface area contributed by atoms with Crippen molar-refractivity contribution in [2.75, 3.05) is 32.8 Å². The number of hydrogen-bond acceptors (Lipinski definition) is 6. The van der Waals surface area contributed by atoms with Crippen LogP contribution in [0.15, 0.2) is 12.1 Å². The van der Waals surface area contributed by atoms with Crippen LogP contribution >= 0.6 is 0 Å². The lowest BCUT2D eigenvalue weighted by Gasteiger charge is -2.16. The number of aromatic nitrogens is 1. The van der Waals surface area contributed by atoms with Crippen LogP contribution in [0.5, 0.6) is 0 Å². The Labute approximate surface area is 125 Å². The summed E-state index contributed by atoms with van der Waals surface area (Å²) in [5, 5.41) is 2.81. The maximum atomic E-state index is 12.2. The molecule has 1 unspecified atom stereocenters. The van der Waals surface area contributed by atoms with Crippen LogP contribution in [0.3, 0.4) is 0 Å². The summed E-state index contributed by atoms with van der Waals surface area (Å²) in [5.41, 5.74) is 3.79. The van der Waals surface area contributed by atoms with E-state index in [1.165, 1.54) is 0 Å². The van der Waals surface area contributed by atoms with Gasteiger partial charge in [-0.3, -0.25) is 4.79 Å². The molecule has 1 heterocycles. The second kappa shape index (κ2) is 8.56. The molecule has 0 aromatic carbocycles. The zero-order chi connectivity index (χ0) is 15.8. The lowest BCUT2D eigenvalue weighted by Crippen LogP contribution is -2.35.